The van der Waals surface area contributed by atoms with Gasteiger partial charge in [0, 0.05) is 35.8 Å². The minimum Gasteiger partial charge on any atom is -0.356 e. The van der Waals surface area contributed by atoms with Gasteiger partial charge in [-0.3, -0.25) is 4.79 Å². The molecule has 144 valence electrons. The number of nitrogens with one attached hydrogen (secondary N) is 1. The summed E-state index contributed by atoms with van der Waals surface area (Å²) in [5, 5.41) is 4.29. The Labute approximate surface area is 172 Å². The lowest BCUT2D eigenvalue weighted by Gasteiger charge is -2.32. The maximum atomic E-state index is 12.8. The summed E-state index contributed by atoms with van der Waals surface area (Å²) in [6.07, 6.45) is 5.93. The third-order valence-corrected chi connectivity index (χ3v) is 6.53. The molecule has 1 N–H and O–H groups in total. The van der Waals surface area contributed by atoms with E-state index in [2.05, 4.69) is 31.2 Å². The molecule has 1 saturated carbocycles. The smallest absolute Gasteiger partial charge is 0.231 e. The number of benzene rings is 1. The van der Waals surface area contributed by atoms with Gasteiger partial charge in [0.1, 0.15) is 12.1 Å². The van der Waals surface area contributed by atoms with Crippen molar-refractivity contribution in [2.75, 3.05) is 23.3 Å². The highest BCUT2D eigenvalue weighted by Crippen LogP contribution is 2.39. The maximum absolute atomic E-state index is 12.8. The Kier molecular flexibility index (Phi) is 4.64. The number of halogens is 1. The van der Waals surface area contributed by atoms with Gasteiger partial charge >= 0.3 is 0 Å². The van der Waals surface area contributed by atoms with E-state index in [-0.39, 0.29) is 11.8 Å². The molecule has 1 saturated heterocycles. The standard InChI is InChI=1S/C20H20ClN5OS/c21-14-5-6-15-17(8-14)28-20(24-15)25-19(27)13-2-1-7-26(10-13)18-9-16(12-3-4-12)22-11-23-18/h5-6,8-9,11-13H,1-4,7,10H2,(H,24,25,27)/t13-/m0/s1. The van der Waals surface area contributed by atoms with E-state index in [0.717, 1.165) is 41.1 Å². The molecule has 28 heavy (non-hydrogen) atoms. The molecular weight excluding hydrogens is 394 g/mol. The molecule has 1 aromatic carbocycles. The predicted octanol–water partition coefficient (Wildman–Crippen LogP) is 4.47. The number of thiazole rings is 1. The van der Waals surface area contributed by atoms with Gasteiger partial charge in [-0.15, -0.1) is 0 Å². The van der Waals surface area contributed by atoms with Crippen LogP contribution in [0.3, 0.4) is 0 Å². The molecule has 0 radical (unpaired) electrons. The van der Waals surface area contributed by atoms with E-state index in [9.17, 15) is 4.79 Å². The Hall–Kier alpha value is -2.25. The van der Waals surface area contributed by atoms with Crippen LogP contribution in [0.4, 0.5) is 10.9 Å². The number of piperidine rings is 1. The molecule has 6 nitrogen and oxygen atoms in total. The maximum Gasteiger partial charge on any atom is 0.231 e. The third kappa shape index (κ3) is 3.69. The molecule has 8 heteroatoms. The van der Waals surface area contributed by atoms with Crippen molar-refractivity contribution in [3.8, 4) is 0 Å². The zero-order valence-corrected chi connectivity index (χ0v) is 16.8. The van der Waals surface area contributed by atoms with E-state index in [4.69, 9.17) is 11.6 Å². The van der Waals surface area contributed by atoms with Crippen LogP contribution < -0.4 is 10.2 Å². The van der Waals surface area contributed by atoms with Gasteiger partial charge in [0.15, 0.2) is 5.13 Å². The lowest BCUT2D eigenvalue weighted by atomic mass is 9.97. The van der Waals surface area contributed by atoms with Gasteiger partial charge in [0.25, 0.3) is 0 Å². The number of anilines is 2. The lowest BCUT2D eigenvalue weighted by Crippen LogP contribution is -2.41. The first-order valence-electron chi connectivity index (χ1n) is 9.59. The Balaban J connectivity index is 1.28. The molecule has 2 aliphatic rings. The van der Waals surface area contributed by atoms with Crippen molar-refractivity contribution in [3.05, 3.63) is 41.3 Å². The number of hydrogen-bond acceptors (Lipinski definition) is 6. The average molecular weight is 414 g/mol. The van der Waals surface area contributed by atoms with Gasteiger partial charge < -0.3 is 10.2 Å². The number of nitrogens with zero attached hydrogens (tertiary/aromatic N) is 4. The highest BCUT2D eigenvalue weighted by Gasteiger charge is 2.29. The molecule has 3 heterocycles. The summed E-state index contributed by atoms with van der Waals surface area (Å²) in [5.74, 6) is 1.47. The molecule has 1 aliphatic carbocycles. The molecule has 1 amide bonds. The van der Waals surface area contributed by atoms with E-state index in [1.807, 2.05) is 18.2 Å². The monoisotopic (exact) mass is 413 g/mol. The second kappa shape index (κ2) is 7.29. The SMILES string of the molecule is O=C(Nc1nc2ccc(Cl)cc2s1)[C@H]1CCCN(c2cc(C3CC3)ncn2)C1. The van der Waals surface area contributed by atoms with Crippen LogP contribution in [-0.4, -0.2) is 33.9 Å². The molecule has 2 fully saturated rings. The van der Waals surface area contributed by atoms with Crippen molar-refractivity contribution in [2.24, 2.45) is 5.92 Å². The van der Waals surface area contributed by atoms with E-state index in [0.29, 0.717) is 22.6 Å². The van der Waals surface area contributed by atoms with Gasteiger partial charge in [-0.1, -0.05) is 22.9 Å². The molecule has 1 atom stereocenters. The first-order valence-corrected chi connectivity index (χ1v) is 10.8. The minimum absolute atomic E-state index is 0.0197. The number of amides is 1. The summed E-state index contributed by atoms with van der Waals surface area (Å²) >= 11 is 7.49. The molecule has 0 unspecified atom stereocenters. The van der Waals surface area contributed by atoms with Crippen LogP contribution in [0.25, 0.3) is 10.2 Å². The summed E-state index contributed by atoms with van der Waals surface area (Å²) in [7, 11) is 0. The fourth-order valence-corrected chi connectivity index (χ4v) is 4.84. The van der Waals surface area contributed by atoms with Gasteiger partial charge in [-0.25, -0.2) is 15.0 Å². The predicted molar refractivity (Wildman–Crippen MR) is 112 cm³/mol. The topological polar surface area (TPSA) is 71.0 Å². The Morgan fingerprint density at radius 3 is 2.96 bits per heavy atom. The first-order chi connectivity index (χ1) is 13.7. The molecule has 1 aliphatic heterocycles. The Morgan fingerprint density at radius 1 is 1.21 bits per heavy atom. The van der Waals surface area contributed by atoms with E-state index in [1.54, 1.807) is 6.33 Å². The van der Waals surface area contributed by atoms with Crippen LogP contribution in [0.5, 0.6) is 0 Å². The van der Waals surface area contributed by atoms with Crippen LogP contribution in [0.2, 0.25) is 5.02 Å². The van der Waals surface area contributed by atoms with Gasteiger partial charge in [-0.05, 0) is 43.9 Å². The van der Waals surface area contributed by atoms with Crippen molar-refractivity contribution >= 4 is 50.0 Å². The summed E-state index contributed by atoms with van der Waals surface area (Å²) in [5.41, 5.74) is 1.98. The zero-order valence-electron chi connectivity index (χ0n) is 15.3. The van der Waals surface area contributed by atoms with Crippen molar-refractivity contribution in [1.29, 1.82) is 0 Å². The van der Waals surface area contributed by atoms with Crippen LogP contribution in [-0.2, 0) is 4.79 Å². The van der Waals surface area contributed by atoms with Crippen LogP contribution in [0.1, 0.15) is 37.3 Å². The highest BCUT2D eigenvalue weighted by molar-refractivity contribution is 7.22. The molecular formula is C20H20ClN5OS. The highest BCUT2D eigenvalue weighted by atomic mass is 35.5. The van der Waals surface area contributed by atoms with Gasteiger partial charge in [-0.2, -0.15) is 0 Å². The number of aromatic nitrogens is 3. The largest absolute Gasteiger partial charge is 0.356 e. The molecule has 0 bridgehead atoms. The number of carbonyl (C=O) groups excluding carboxylic acids is 1. The van der Waals surface area contributed by atoms with Crippen molar-refractivity contribution in [3.63, 3.8) is 0 Å². The zero-order chi connectivity index (χ0) is 19.1. The number of fused-ring (bicyclic) bond motifs is 1. The van der Waals surface area contributed by atoms with E-state index in [1.165, 1.54) is 24.2 Å². The molecule has 0 spiro atoms. The van der Waals surface area contributed by atoms with Crippen molar-refractivity contribution in [2.45, 2.75) is 31.6 Å². The summed E-state index contributed by atoms with van der Waals surface area (Å²) in [4.78, 5) is 28.4. The third-order valence-electron chi connectivity index (χ3n) is 5.37. The summed E-state index contributed by atoms with van der Waals surface area (Å²) in [6.45, 7) is 1.59. The number of carbonyl (C=O) groups is 1. The normalized spacial score (nSPS) is 19.8. The summed E-state index contributed by atoms with van der Waals surface area (Å²) < 4.78 is 0.974. The first kappa shape index (κ1) is 17.8. The van der Waals surface area contributed by atoms with Gasteiger partial charge in [0.05, 0.1) is 16.1 Å². The second-order valence-electron chi connectivity index (χ2n) is 7.48. The Morgan fingerprint density at radius 2 is 2.11 bits per heavy atom. The summed E-state index contributed by atoms with van der Waals surface area (Å²) in [6, 6.07) is 7.65. The molecule has 3 aromatic rings. The van der Waals surface area contributed by atoms with Crippen molar-refractivity contribution in [1.82, 2.24) is 15.0 Å². The second-order valence-corrected chi connectivity index (χ2v) is 8.95. The molecule has 2 aromatic heterocycles. The van der Waals surface area contributed by atoms with E-state index < -0.39 is 0 Å². The fraction of sp³-hybridized carbons (Fsp3) is 0.400. The van der Waals surface area contributed by atoms with E-state index >= 15 is 0 Å². The minimum atomic E-state index is -0.0799. The fourth-order valence-electron chi connectivity index (χ4n) is 3.70. The average Bonchev–Trinajstić information content (AvgIpc) is 3.49. The van der Waals surface area contributed by atoms with Crippen LogP contribution in [0.15, 0.2) is 30.6 Å². The van der Waals surface area contributed by atoms with Crippen LogP contribution in [0, 0.1) is 5.92 Å². The van der Waals surface area contributed by atoms with Crippen molar-refractivity contribution < 1.29 is 4.79 Å². The lowest BCUT2D eigenvalue weighted by molar-refractivity contribution is -0.120. The van der Waals surface area contributed by atoms with Gasteiger partial charge in [0.2, 0.25) is 5.91 Å². The van der Waals surface area contributed by atoms with Crippen LogP contribution >= 0.6 is 22.9 Å². The Bertz CT molecular complexity index is 1030. The number of hydrogen-bond donors (Lipinski definition) is 1. The quantitative estimate of drug-likeness (QED) is 0.683. The molecule has 5 rings (SSSR count). The number of rotatable bonds is 4.